The number of thioether (sulfide) groups is 1. The van der Waals surface area contributed by atoms with E-state index in [1.807, 2.05) is 11.8 Å². The predicted octanol–water partition coefficient (Wildman–Crippen LogP) is 5.08. The molecule has 0 saturated carbocycles. The number of aryl methyl sites for hydroxylation is 1. The van der Waals surface area contributed by atoms with Crippen molar-refractivity contribution in [2.75, 3.05) is 11.9 Å². The number of rotatable bonds is 4. The van der Waals surface area contributed by atoms with Crippen molar-refractivity contribution in [3.8, 4) is 0 Å². The first kappa shape index (κ1) is 14.9. The van der Waals surface area contributed by atoms with Gasteiger partial charge < -0.3 is 5.32 Å². The summed E-state index contributed by atoms with van der Waals surface area (Å²) in [5.41, 5.74) is 2.36. The molecule has 4 heteroatoms. The Morgan fingerprint density at radius 2 is 2.16 bits per heavy atom. The second-order valence-electron chi connectivity index (χ2n) is 4.97. The van der Waals surface area contributed by atoms with Crippen LogP contribution in [0.25, 0.3) is 0 Å². The summed E-state index contributed by atoms with van der Waals surface area (Å²) in [6.45, 7) is 7.60. The van der Waals surface area contributed by atoms with E-state index in [0.29, 0.717) is 5.25 Å². The number of nitrogens with one attached hydrogen (secondary N) is 1. The standard InChI is InChI=1S/C15H21BrN2S/c1-4-11(5-2)14-9-17-15(19-14)18-12-7-6-10(3)13(16)8-12/h6-8,11,14H,4-5,9H2,1-3H3,(H,17,18). The summed E-state index contributed by atoms with van der Waals surface area (Å²) in [6.07, 6.45) is 2.49. The number of nitrogens with zero attached hydrogens (tertiary/aromatic N) is 1. The second kappa shape index (κ2) is 6.80. The fourth-order valence-corrected chi connectivity index (χ4v) is 4.03. The largest absolute Gasteiger partial charge is 0.335 e. The molecular formula is C15H21BrN2S. The lowest BCUT2D eigenvalue weighted by Gasteiger charge is -2.18. The van der Waals surface area contributed by atoms with E-state index in [1.54, 1.807) is 0 Å². The first-order chi connectivity index (χ1) is 9.13. The predicted molar refractivity (Wildman–Crippen MR) is 90.3 cm³/mol. The van der Waals surface area contributed by atoms with Crippen LogP contribution in [0.15, 0.2) is 27.7 Å². The molecule has 1 atom stereocenters. The lowest BCUT2D eigenvalue weighted by Crippen LogP contribution is -2.17. The fourth-order valence-electron chi connectivity index (χ4n) is 2.31. The van der Waals surface area contributed by atoms with Gasteiger partial charge in [0.1, 0.15) is 0 Å². The summed E-state index contributed by atoms with van der Waals surface area (Å²) in [6, 6.07) is 6.33. The first-order valence-corrected chi connectivity index (χ1v) is 8.55. The Bertz CT molecular complexity index is 469. The van der Waals surface area contributed by atoms with E-state index in [2.05, 4.69) is 65.2 Å². The fraction of sp³-hybridized carbons (Fsp3) is 0.533. The molecule has 19 heavy (non-hydrogen) atoms. The van der Waals surface area contributed by atoms with E-state index < -0.39 is 0 Å². The van der Waals surface area contributed by atoms with E-state index in [1.165, 1.54) is 18.4 Å². The molecule has 0 aliphatic carbocycles. The van der Waals surface area contributed by atoms with Crippen LogP contribution in [0.5, 0.6) is 0 Å². The molecule has 1 aliphatic rings. The molecule has 1 aromatic rings. The third kappa shape index (κ3) is 3.76. The van der Waals surface area contributed by atoms with Crippen LogP contribution in [0.2, 0.25) is 0 Å². The average Bonchev–Trinajstić information content (AvgIpc) is 2.84. The minimum absolute atomic E-state index is 0.645. The van der Waals surface area contributed by atoms with Crippen molar-refractivity contribution >= 4 is 38.5 Å². The number of benzene rings is 1. The van der Waals surface area contributed by atoms with Gasteiger partial charge in [-0.25, -0.2) is 0 Å². The molecule has 1 N–H and O–H groups in total. The number of aliphatic imine (C=N–C) groups is 1. The van der Waals surface area contributed by atoms with Gasteiger partial charge in [-0.05, 0) is 30.5 Å². The average molecular weight is 341 g/mol. The number of hydrogen-bond acceptors (Lipinski definition) is 3. The molecule has 0 saturated heterocycles. The summed E-state index contributed by atoms with van der Waals surface area (Å²) in [5.74, 6) is 0.776. The molecule has 1 unspecified atom stereocenters. The molecule has 1 aliphatic heterocycles. The number of halogens is 1. The summed E-state index contributed by atoms with van der Waals surface area (Å²) in [4.78, 5) is 4.63. The smallest absolute Gasteiger partial charge is 0.161 e. The van der Waals surface area contributed by atoms with Crippen LogP contribution in [0, 0.1) is 12.8 Å². The maximum absolute atomic E-state index is 4.63. The van der Waals surface area contributed by atoms with Gasteiger partial charge in [0, 0.05) is 15.4 Å². The van der Waals surface area contributed by atoms with E-state index in [9.17, 15) is 0 Å². The third-order valence-corrected chi connectivity index (χ3v) is 5.82. The topological polar surface area (TPSA) is 24.4 Å². The summed E-state index contributed by atoms with van der Waals surface area (Å²) >= 11 is 5.46. The van der Waals surface area contributed by atoms with Gasteiger partial charge >= 0.3 is 0 Å². The Labute approximate surface area is 128 Å². The Hall–Kier alpha value is -0.480. The minimum Gasteiger partial charge on any atom is -0.335 e. The third-order valence-electron chi connectivity index (χ3n) is 3.68. The highest BCUT2D eigenvalue weighted by Gasteiger charge is 2.25. The van der Waals surface area contributed by atoms with Gasteiger partial charge in [-0.1, -0.05) is 60.4 Å². The zero-order valence-electron chi connectivity index (χ0n) is 11.7. The molecular weight excluding hydrogens is 320 g/mol. The van der Waals surface area contributed by atoms with E-state index >= 15 is 0 Å². The van der Waals surface area contributed by atoms with E-state index in [0.717, 1.165) is 27.8 Å². The minimum atomic E-state index is 0.645. The van der Waals surface area contributed by atoms with Crippen LogP contribution in [0.1, 0.15) is 32.3 Å². The normalized spacial score (nSPS) is 18.8. The highest BCUT2D eigenvalue weighted by molar-refractivity contribution is 9.10. The number of amidine groups is 1. The molecule has 2 rings (SSSR count). The Morgan fingerprint density at radius 3 is 2.79 bits per heavy atom. The maximum Gasteiger partial charge on any atom is 0.161 e. The second-order valence-corrected chi connectivity index (χ2v) is 7.05. The van der Waals surface area contributed by atoms with Crippen molar-refractivity contribution in [2.24, 2.45) is 10.9 Å². The highest BCUT2D eigenvalue weighted by atomic mass is 79.9. The molecule has 0 bridgehead atoms. The van der Waals surface area contributed by atoms with Gasteiger partial charge in [0.2, 0.25) is 0 Å². The molecule has 0 radical (unpaired) electrons. The van der Waals surface area contributed by atoms with Crippen LogP contribution < -0.4 is 5.32 Å². The van der Waals surface area contributed by atoms with Crippen molar-refractivity contribution in [3.05, 3.63) is 28.2 Å². The lowest BCUT2D eigenvalue weighted by atomic mass is 9.99. The Kier molecular flexibility index (Phi) is 5.34. The van der Waals surface area contributed by atoms with E-state index in [4.69, 9.17) is 0 Å². The number of hydrogen-bond donors (Lipinski definition) is 1. The van der Waals surface area contributed by atoms with Gasteiger partial charge in [-0.2, -0.15) is 0 Å². The maximum atomic E-state index is 4.63. The molecule has 1 heterocycles. The van der Waals surface area contributed by atoms with Crippen molar-refractivity contribution in [2.45, 2.75) is 38.9 Å². The summed E-state index contributed by atoms with van der Waals surface area (Å²) < 4.78 is 1.14. The van der Waals surface area contributed by atoms with Crippen molar-refractivity contribution in [1.82, 2.24) is 0 Å². The summed E-state index contributed by atoms with van der Waals surface area (Å²) in [7, 11) is 0. The van der Waals surface area contributed by atoms with Crippen LogP contribution >= 0.6 is 27.7 Å². The Morgan fingerprint density at radius 1 is 1.42 bits per heavy atom. The molecule has 0 fully saturated rings. The van der Waals surface area contributed by atoms with Gasteiger partial charge in [0.25, 0.3) is 0 Å². The van der Waals surface area contributed by atoms with Crippen LogP contribution in [0.3, 0.4) is 0 Å². The van der Waals surface area contributed by atoms with Crippen LogP contribution in [-0.4, -0.2) is 17.0 Å². The monoisotopic (exact) mass is 340 g/mol. The zero-order chi connectivity index (χ0) is 13.8. The van der Waals surface area contributed by atoms with Crippen molar-refractivity contribution in [3.63, 3.8) is 0 Å². The van der Waals surface area contributed by atoms with Crippen molar-refractivity contribution in [1.29, 1.82) is 0 Å². The SMILES string of the molecule is CCC(CC)C1CN=C(Nc2ccc(C)c(Br)c2)S1. The first-order valence-electron chi connectivity index (χ1n) is 6.88. The van der Waals surface area contributed by atoms with Gasteiger partial charge in [-0.3, -0.25) is 4.99 Å². The molecule has 2 nitrogen and oxygen atoms in total. The van der Waals surface area contributed by atoms with Gasteiger partial charge in [-0.15, -0.1) is 0 Å². The van der Waals surface area contributed by atoms with Gasteiger partial charge in [0.05, 0.1) is 6.54 Å². The molecule has 104 valence electrons. The lowest BCUT2D eigenvalue weighted by molar-refractivity contribution is 0.479. The zero-order valence-corrected chi connectivity index (χ0v) is 14.1. The molecule has 0 spiro atoms. The number of anilines is 1. The quantitative estimate of drug-likeness (QED) is 0.826. The molecule has 0 amide bonds. The highest BCUT2D eigenvalue weighted by Crippen LogP contribution is 2.32. The van der Waals surface area contributed by atoms with Gasteiger partial charge in [0.15, 0.2) is 5.17 Å². The van der Waals surface area contributed by atoms with Crippen LogP contribution in [-0.2, 0) is 0 Å². The van der Waals surface area contributed by atoms with E-state index in [-0.39, 0.29) is 0 Å². The molecule has 0 aromatic heterocycles. The van der Waals surface area contributed by atoms with Crippen LogP contribution in [0.4, 0.5) is 5.69 Å². The molecule has 1 aromatic carbocycles. The van der Waals surface area contributed by atoms with Crippen molar-refractivity contribution < 1.29 is 0 Å². The Balaban J connectivity index is 1.96. The summed E-state index contributed by atoms with van der Waals surface area (Å²) in [5, 5.41) is 5.13.